The lowest BCUT2D eigenvalue weighted by atomic mass is 9.81. The molecule has 2 nitrogen and oxygen atoms in total. The summed E-state index contributed by atoms with van der Waals surface area (Å²) in [5.41, 5.74) is 1.38. The smallest absolute Gasteiger partial charge is 0.0383 e. The van der Waals surface area contributed by atoms with Crippen molar-refractivity contribution in [1.82, 2.24) is 5.32 Å². The first kappa shape index (κ1) is 15.7. The van der Waals surface area contributed by atoms with Gasteiger partial charge in [0.05, 0.1) is 0 Å². The molecule has 112 valence electrons. The van der Waals surface area contributed by atoms with Gasteiger partial charge >= 0.3 is 0 Å². The Morgan fingerprint density at radius 1 is 1.20 bits per heavy atom. The van der Waals surface area contributed by atoms with Crippen molar-refractivity contribution in [2.75, 3.05) is 12.0 Å². The highest BCUT2D eigenvalue weighted by molar-refractivity contribution is 7.84. The second-order valence-corrected chi connectivity index (χ2v) is 7.57. The molecule has 1 saturated carbocycles. The minimum absolute atomic E-state index is 0.299. The fourth-order valence-electron chi connectivity index (χ4n) is 3.34. The van der Waals surface area contributed by atoms with E-state index in [2.05, 4.69) is 42.6 Å². The molecule has 0 radical (unpaired) electrons. The van der Waals surface area contributed by atoms with Gasteiger partial charge in [-0.2, -0.15) is 0 Å². The van der Waals surface area contributed by atoms with Crippen LogP contribution in [0.15, 0.2) is 30.3 Å². The Morgan fingerprint density at radius 2 is 1.85 bits per heavy atom. The molecule has 1 aromatic carbocycles. The van der Waals surface area contributed by atoms with Gasteiger partial charge in [0.1, 0.15) is 0 Å². The van der Waals surface area contributed by atoms with Crippen LogP contribution in [0.1, 0.15) is 50.6 Å². The molecule has 20 heavy (non-hydrogen) atoms. The number of benzene rings is 1. The lowest BCUT2D eigenvalue weighted by Crippen LogP contribution is -2.38. The highest BCUT2D eigenvalue weighted by Crippen LogP contribution is 2.34. The van der Waals surface area contributed by atoms with E-state index in [4.69, 9.17) is 0 Å². The normalized spacial score (nSPS) is 21.3. The number of hydrogen-bond acceptors (Lipinski definition) is 2. The Morgan fingerprint density at radius 3 is 2.45 bits per heavy atom. The molecule has 1 N–H and O–H groups in total. The Balaban J connectivity index is 2.09. The third kappa shape index (κ3) is 4.71. The van der Waals surface area contributed by atoms with Gasteiger partial charge in [-0.1, -0.05) is 49.6 Å². The lowest BCUT2D eigenvalue weighted by molar-refractivity contribution is 0.261. The molecule has 1 aliphatic carbocycles. The molecule has 1 aliphatic rings. The molecule has 0 bridgehead atoms. The highest BCUT2D eigenvalue weighted by Gasteiger charge is 2.26. The van der Waals surface area contributed by atoms with Crippen LogP contribution < -0.4 is 5.32 Å². The van der Waals surface area contributed by atoms with Crippen LogP contribution >= 0.6 is 0 Å². The van der Waals surface area contributed by atoms with Crippen LogP contribution in [0, 0.1) is 5.92 Å². The van der Waals surface area contributed by atoms with Gasteiger partial charge in [-0.05, 0) is 31.2 Å². The quantitative estimate of drug-likeness (QED) is 0.867. The zero-order chi connectivity index (χ0) is 14.4. The van der Waals surface area contributed by atoms with Crippen molar-refractivity contribution in [1.29, 1.82) is 0 Å². The molecule has 3 unspecified atom stereocenters. The van der Waals surface area contributed by atoms with E-state index in [1.165, 1.54) is 37.7 Å². The Hall–Kier alpha value is -0.670. The summed E-state index contributed by atoms with van der Waals surface area (Å²) in [4.78, 5) is 0. The lowest BCUT2D eigenvalue weighted by Gasteiger charge is -2.33. The van der Waals surface area contributed by atoms with Crippen molar-refractivity contribution in [3.8, 4) is 0 Å². The van der Waals surface area contributed by atoms with Gasteiger partial charge in [0.25, 0.3) is 0 Å². The average molecular weight is 293 g/mol. The van der Waals surface area contributed by atoms with Crippen LogP contribution in [0.25, 0.3) is 0 Å². The van der Waals surface area contributed by atoms with E-state index in [-0.39, 0.29) is 0 Å². The first-order valence-electron chi connectivity index (χ1n) is 7.78. The van der Waals surface area contributed by atoms with Crippen molar-refractivity contribution in [3.63, 3.8) is 0 Å². The van der Waals surface area contributed by atoms with E-state index in [0.717, 1.165) is 11.7 Å². The van der Waals surface area contributed by atoms with Crippen molar-refractivity contribution < 1.29 is 4.21 Å². The molecule has 2 rings (SSSR count). The van der Waals surface area contributed by atoms with Crippen LogP contribution in [0.2, 0.25) is 0 Å². The monoisotopic (exact) mass is 293 g/mol. The molecule has 1 fully saturated rings. The third-order valence-electron chi connectivity index (χ3n) is 4.23. The topological polar surface area (TPSA) is 29.1 Å². The van der Waals surface area contributed by atoms with E-state index in [1.807, 2.05) is 0 Å². The summed E-state index contributed by atoms with van der Waals surface area (Å²) in [5.74, 6) is 1.45. The number of hydrogen-bond donors (Lipinski definition) is 1. The minimum atomic E-state index is -0.736. The minimum Gasteiger partial charge on any atom is -0.306 e. The van der Waals surface area contributed by atoms with Gasteiger partial charge in [-0.15, -0.1) is 0 Å². The first-order chi connectivity index (χ1) is 9.66. The summed E-state index contributed by atoms with van der Waals surface area (Å²) in [6.07, 6.45) is 8.50. The largest absolute Gasteiger partial charge is 0.306 e. The van der Waals surface area contributed by atoms with Crippen LogP contribution in [0.4, 0.5) is 0 Å². The van der Waals surface area contributed by atoms with Gasteiger partial charge in [-0.3, -0.25) is 4.21 Å². The fraction of sp³-hybridized carbons (Fsp3) is 0.647. The third-order valence-corrected chi connectivity index (χ3v) is 5.20. The van der Waals surface area contributed by atoms with Crippen LogP contribution in [-0.4, -0.2) is 22.3 Å². The zero-order valence-corrected chi connectivity index (χ0v) is 13.5. The van der Waals surface area contributed by atoms with Crippen LogP contribution in [0.5, 0.6) is 0 Å². The van der Waals surface area contributed by atoms with Crippen LogP contribution in [-0.2, 0) is 10.8 Å². The molecule has 0 amide bonds. The summed E-state index contributed by atoms with van der Waals surface area (Å²) in [6.45, 7) is 2.15. The van der Waals surface area contributed by atoms with E-state index < -0.39 is 10.8 Å². The predicted molar refractivity (Wildman–Crippen MR) is 87.3 cm³/mol. The van der Waals surface area contributed by atoms with E-state index in [1.54, 1.807) is 6.26 Å². The van der Waals surface area contributed by atoms with Gasteiger partial charge in [0.15, 0.2) is 0 Å². The average Bonchev–Trinajstić information content (AvgIpc) is 2.46. The second kappa shape index (κ2) is 7.94. The molecule has 0 aromatic heterocycles. The number of nitrogens with one attached hydrogen (secondary N) is 1. The van der Waals surface area contributed by atoms with E-state index >= 15 is 0 Å². The maximum absolute atomic E-state index is 11.4. The van der Waals surface area contributed by atoms with Crippen molar-refractivity contribution in [2.45, 2.75) is 51.1 Å². The van der Waals surface area contributed by atoms with Crippen molar-refractivity contribution in [3.05, 3.63) is 35.9 Å². The fourth-order valence-corrected chi connectivity index (χ4v) is 4.14. The summed E-state index contributed by atoms with van der Waals surface area (Å²) in [7, 11) is -0.736. The summed E-state index contributed by atoms with van der Waals surface area (Å²) >= 11 is 0. The molecule has 0 aliphatic heterocycles. The standard InChI is InChI=1S/C17H27NOS/c1-14(13-20(2)19)18-17(15-9-5-3-6-10-15)16-11-7-4-8-12-16/h3,5-6,9-10,14,16-18H,4,7-8,11-13H2,1-2H3. The zero-order valence-electron chi connectivity index (χ0n) is 12.7. The molecule has 3 heteroatoms. The van der Waals surface area contributed by atoms with Crippen molar-refractivity contribution in [2.24, 2.45) is 5.92 Å². The molecule has 0 saturated heterocycles. The van der Waals surface area contributed by atoms with Gasteiger partial charge in [0.2, 0.25) is 0 Å². The highest BCUT2D eigenvalue weighted by atomic mass is 32.2. The SMILES string of the molecule is CC(CS(C)=O)NC(c1ccccc1)C1CCCCC1. The Kier molecular flexibility index (Phi) is 6.24. The molecule has 0 spiro atoms. The molecule has 1 aromatic rings. The Labute approximate surface area is 125 Å². The summed E-state index contributed by atoms with van der Waals surface area (Å²) in [5, 5.41) is 3.74. The molecular weight excluding hydrogens is 266 g/mol. The van der Waals surface area contributed by atoms with Gasteiger partial charge in [-0.25, -0.2) is 0 Å². The number of rotatable bonds is 6. The predicted octanol–water partition coefficient (Wildman–Crippen LogP) is 3.66. The maximum atomic E-state index is 11.4. The molecule has 3 atom stereocenters. The summed E-state index contributed by atoms with van der Waals surface area (Å²) in [6, 6.07) is 11.5. The first-order valence-corrected chi connectivity index (χ1v) is 9.50. The maximum Gasteiger partial charge on any atom is 0.0383 e. The van der Waals surface area contributed by atoms with Gasteiger partial charge in [0, 0.05) is 34.9 Å². The van der Waals surface area contributed by atoms with E-state index in [0.29, 0.717) is 12.1 Å². The summed E-state index contributed by atoms with van der Waals surface area (Å²) < 4.78 is 11.4. The second-order valence-electron chi connectivity index (χ2n) is 6.09. The Bertz CT molecular complexity index is 414. The molecule has 0 heterocycles. The van der Waals surface area contributed by atoms with Crippen LogP contribution in [0.3, 0.4) is 0 Å². The van der Waals surface area contributed by atoms with Crippen molar-refractivity contribution >= 4 is 10.8 Å². The molecular formula is C17H27NOS. The van der Waals surface area contributed by atoms with E-state index in [9.17, 15) is 4.21 Å². The van der Waals surface area contributed by atoms with Gasteiger partial charge < -0.3 is 5.32 Å².